The molecule has 0 bridgehead atoms. The van der Waals surface area contributed by atoms with E-state index >= 15 is 0 Å². The molecule has 0 radical (unpaired) electrons. The van der Waals surface area contributed by atoms with Gasteiger partial charge in [-0.25, -0.2) is 4.79 Å². The van der Waals surface area contributed by atoms with Crippen LogP contribution < -0.4 is 4.74 Å². The maximum Gasteiger partial charge on any atom is 0.338 e. The van der Waals surface area contributed by atoms with Gasteiger partial charge in [0.05, 0.1) is 45.6 Å². The van der Waals surface area contributed by atoms with Crippen molar-refractivity contribution in [3.05, 3.63) is 53.6 Å². The van der Waals surface area contributed by atoms with Crippen LogP contribution in [0.3, 0.4) is 0 Å². The van der Waals surface area contributed by atoms with Gasteiger partial charge in [-0.1, -0.05) is 64.5 Å². The van der Waals surface area contributed by atoms with Crippen LogP contribution in [0.25, 0.3) is 0 Å². The van der Waals surface area contributed by atoms with E-state index in [1.54, 1.807) is 28.1 Å². The number of allylic oxidation sites excluding steroid dienone is 1. The molecule has 1 aromatic rings. The first kappa shape index (κ1) is 44.4. The van der Waals surface area contributed by atoms with Crippen LogP contribution in [0.1, 0.15) is 100 Å². The zero-order chi connectivity index (χ0) is 38.5. The zero-order valence-electron chi connectivity index (χ0n) is 33.4. The van der Waals surface area contributed by atoms with Crippen LogP contribution >= 0.6 is 0 Å². The molecule has 1 aliphatic heterocycles. The molecule has 10 nitrogen and oxygen atoms in total. The van der Waals surface area contributed by atoms with Gasteiger partial charge in [0.15, 0.2) is 11.9 Å². The molecular weight excluding hydrogens is 652 g/mol. The molecule has 0 spiro atoms. The number of esters is 2. The largest absolute Gasteiger partial charge is 0.497 e. The molecular formula is C41H66O10. The van der Waals surface area contributed by atoms with Crippen LogP contribution in [0.15, 0.2) is 48.1 Å². The molecule has 1 saturated heterocycles. The van der Waals surface area contributed by atoms with Gasteiger partial charge >= 0.3 is 11.9 Å². The molecule has 1 aliphatic rings. The number of aliphatic hydroxyl groups is 1. The summed E-state index contributed by atoms with van der Waals surface area (Å²) in [5.41, 5.74) is 1.28. The van der Waals surface area contributed by atoms with Crippen molar-refractivity contribution in [1.82, 2.24) is 0 Å². The first-order valence-electron chi connectivity index (χ1n) is 18.3. The van der Waals surface area contributed by atoms with Crippen LogP contribution in [0, 0.1) is 23.7 Å². The van der Waals surface area contributed by atoms with Crippen LogP contribution in [0.2, 0.25) is 0 Å². The first-order chi connectivity index (χ1) is 23.8. The van der Waals surface area contributed by atoms with E-state index in [1.807, 2.05) is 65.0 Å². The summed E-state index contributed by atoms with van der Waals surface area (Å²) in [5.74, 6) is -0.843. The fourth-order valence-electron chi connectivity index (χ4n) is 6.54. The highest BCUT2D eigenvalue weighted by Crippen LogP contribution is 2.31. The third-order valence-corrected chi connectivity index (χ3v) is 9.36. The molecule has 290 valence electrons. The van der Waals surface area contributed by atoms with Gasteiger partial charge in [0.2, 0.25) is 0 Å². The quantitative estimate of drug-likeness (QED) is 0.107. The van der Waals surface area contributed by atoms with Gasteiger partial charge in [0, 0.05) is 18.9 Å². The highest BCUT2D eigenvalue weighted by Gasteiger charge is 2.44. The number of carbonyl (C=O) groups excluding carboxylic acids is 2. The minimum absolute atomic E-state index is 0.0377. The molecule has 0 aliphatic carbocycles. The summed E-state index contributed by atoms with van der Waals surface area (Å²) < 4.78 is 39.8. The Labute approximate surface area is 307 Å². The van der Waals surface area contributed by atoms with E-state index in [0.29, 0.717) is 6.61 Å². The SMILES string of the molecule is COC(=O)[C@@H]1OC(C)(C)O[C@@H]1/C=C/[C@H](C)CCC[C@H](C)[C@H](O)/C(C)=C/[C@@H](C)[C@@H](OCc1ccc(OC)cc1)[C@H](C)[C@@H](CC(=O)OC(C)(C)C)OC. The molecule has 0 unspecified atom stereocenters. The van der Waals surface area contributed by atoms with Gasteiger partial charge < -0.3 is 38.3 Å². The van der Waals surface area contributed by atoms with Gasteiger partial charge in [-0.3, -0.25) is 4.79 Å². The van der Waals surface area contributed by atoms with Crippen molar-refractivity contribution in [1.29, 1.82) is 0 Å². The summed E-state index contributed by atoms with van der Waals surface area (Å²) in [4.78, 5) is 24.9. The number of hydrogen-bond donors (Lipinski definition) is 1. The molecule has 1 N–H and O–H groups in total. The van der Waals surface area contributed by atoms with E-state index in [1.165, 1.54) is 7.11 Å². The lowest BCUT2D eigenvalue weighted by atomic mass is 9.84. The lowest BCUT2D eigenvalue weighted by Gasteiger charge is -2.34. The summed E-state index contributed by atoms with van der Waals surface area (Å²) in [7, 11) is 4.59. The first-order valence-corrected chi connectivity index (χ1v) is 18.3. The lowest BCUT2D eigenvalue weighted by Crippen LogP contribution is -2.39. The van der Waals surface area contributed by atoms with Crippen LogP contribution in [0.4, 0.5) is 0 Å². The van der Waals surface area contributed by atoms with Crippen molar-refractivity contribution in [3.8, 4) is 5.75 Å². The average Bonchev–Trinajstić information content (AvgIpc) is 3.38. The van der Waals surface area contributed by atoms with Crippen LogP contribution in [0.5, 0.6) is 5.75 Å². The third kappa shape index (κ3) is 15.0. The van der Waals surface area contributed by atoms with Gasteiger partial charge in [-0.15, -0.1) is 0 Å². The van der Waals surface area contributed by atoms with Crippen LogP contribution in [-0.2, 0) is 44.6 Å². The van der Waals surface area contributed by atoms with Gasteiger partial charge in [0.25, 0.3) is 0 Å². The topological polar surface area (TPSA) is 119 Å². The third-order valence-electron chi connectivity index (χ3n) is 9.36. The summed E-state index contributed by atoms with van der Waals surface area (Å²) in [5, 5.41) is 11.4. The molecule has 10 heteroatoms. The van der Waals surface area contributed by atoms with Crippen molar-refractivity contribution in [2.75, 3.05) is 21.3 Å². The summed E-state index contributed by atoms with van der Waals surface area (Å²) in [6, 6.07) is 7.75. The van der Waals surface area contributed by atoms with Crippen molar-refractivity contribution in [3.63, 3.8) is 0 Å². The fraction of sp³-hybridized carbons (Fsp3) is 0.707. The number of benzene rings is 1. The Balaban J connectivity index is 2.08. The monoisotopic (exact) mass is 718 g/mol. The highest BCUT2D eigenvalue weighted by molar-refractivity contribution is 5.76. The van der Waals surface area contributed by atoms with Crippen molar-refractivity contribution >= 4 is 11.9 Å². The molecule has 2 rings (SSSR count). The molecule has 1 fully saturated rings. The Hall–Kier alpha value is -2.76. The lowest BCUT2D eigenvalue weighted by molar-refractivity contribution is -0.167. The summed E-state index contributed by atoms with van der Waals surface area (Å²) >= 11 is 0. The van der Waals surface area contributed by atoms with E-state index in [-0.39, 0.29) is 42.2 Å². The Morgan fingerprint density at radius 1 is 1.00 bits per heavy atom. The number of rotatable bonds is 20. The van der Waals surface area contributed by atoms with E-state index in [4.69, 9.17) is 33.2 Å². The average molecular weight is 719 g/mol. The second kappa shape index (κ2) is 20.5. The van der Waals surface area contributed by atoms with E-state index in [0.717, 1.165) is 36.1 Å². The molecule has 51 heavy (non-hydrogen) atoms. The van der Waals surface area contributed by atoms with Crippen LogP contribution in [-0.4, -0.2) is 80.3 Å². The predicted octanol–water partition coefficient (Wildman–Crippen LogP) is 7.60. The van der Waals surface area contributed by atoms with Gasteiger partial charge in [-0.2, -0.15) is 0 Å². The smallest absolute Gasteiger partial charge is 0.338 e. The van der Waals surface area contributed by atoms with Gasteiger partial charge in [-0.05, 0) is 89.5 Å². The Morgan fingerprint density at radius 3 is 2.22 bits per heavy atom. The van der Waals surface area contributed by atoms with E-state index < -0.39 is 41.8 Å². The Bertz CT molecular complexity index is 1260. The summed E-state index contributed by atoms with van der Waals surface area (Å²) in [6.45, 7) is 19.8. The van der Waals surface area contributed by atoms with Crippen molar-refractivity contribution in [2.24, 2.45) is 23.7 Å². The number of hydrogen-bond acceptors (Lipinski definition) is 10. The second-order valence-electron chi connectivity index (χ2n) is 15.6. The fourth-order valence-corrected chi connectivity index (χ4v) is 6.54. The maximum atomic E-state index is 12.8. The molecule has 9 atom stereocenters. The normalized spacial score (nSPS) is 22.1. The molecule has 0 aromatic heterocycles. The number of aliphatic hydroxyl groups excluding tert-OH is 1. The predicted molar refractivity (Wildman–Crippen MR) is 198 cm³/mol. The molecule has 1 heterocycles. The van der Waals surface area contributed by atoms with E-state index in [2.05, 4.69) is 32.9 Å². The minimum atomic E-state index is -0.863. The zero-order valence-corrected chi connectivity index (χ0v) is 33.4. The molecule has 0 saturated carbocycles. The van der Waals surface area contributed by atoms with Gasteiger partial charge in [0.1, 0.15) is 17.5 Å². The Morgan fingerprint density at radius 2 is 1.65 bits per heavy atom. The number of carbonyl (C=O) groups is 2. The minimum Gasteiger partial charge on any atom is -0.497 e. The maximum absolute atomic E-state index is 12.8. The standard InChI is InChI=1S/C41H66O10/c1-26(17-22-33-38(39(44)47-13)51-41(9,10)49-33)15-14-16-27(2)36(43)28(3)23-29(4)37(48-25-31-18-20-32(45-11)21-19-31)30(5)34(46-12)24-35(42)50-40(6,7)8/h17-23,26-27,29-30,33-34,36-38,43H,14-16,24-25H2,1-13H3/b22-17+,28-23+/t26-,27+,29-,30-,33-,34-,36+,37-,38-/m1/s1. The second-order valence-corrected chi connectivity index (χ2v) is 15.6. The van der Waals surface area contributed by atoms with Crippen molar-refractivity contribution in [2.45, 2.75) is 143 Å². The number of methoxy groups -OCH3 is 3. The van der Waals surface area contributed by atoms with E-state index in [9.17, 15) is 14.7 Å². The number of ether oxygens (including phenoxy) is 7. The summed E-state index contributed by atoms with van der Waals surface area (Å²) in [6.07, 6.45) is 6.16. The van der Waals surface area contributed by atoms with Crippen molar-refractivity contribution < 1.29 is 47.9 Å². The highest BCUT2D eigenvalue weighted by atomic mass is 16.8. The molecule has 0 amide bonds. The molecule has 1 aromatic carbocycles. The Kier molecular flexibility index (Phi) is 17.8.